The number of imidazole rings is 1. The highest BCUT2D eigenvalue weighted by molar-refractivity contribution is 5.81. The van der Waals surface area contributed by atoms with E-state index in [9.17, 15) is 27.1 Å². The zero-order valence-corrected chi connectivity index (χ0v) is 20.0. The summed E-state index contributed by atoms with van der Waals surface area (Å²) < 4.78 is 70.5. The van der Waals surface area contributed by atoms with Crippen LogP contribution in [0, 0.1) is 17.5 Å². The van der Waals surface area contributed by atoms with Crippen LogP contribution in [0.2, 0.25) is 0 Å². The predicted octanol–water partition coefficient (Wildman–Crippen LogP) is 3.46. The van der Waals surface area contributed by atoms with Crippen LogP contribution in [0.5, 0.6) is 0 Å². The van der Waals surface area contributed by atoms with Gasteiger partial charge in [0.05, 0.1) is 18.4 Å². The van der Waals surface area contributed by atoms with Crippen molar-refractivity contribution in [2.75, 3.05) is 23.7 Å². The summed E-state index contributed by atoms with van der Waals surface area (Å²) in [5, 5.41) is 10.1. The fourth-order valence-corrected chi connectivity index (χ4v) is 4.94. The summed E-state index contributed by atoms with van der Waals surface area (Å²) in [6.07, 6.45) is -1.62. The van der Waals surface area contributed by atoms with Gasteiger partial charge in [-0.25, -0.2) is 36.9 Å². The lowest BCUT2D eigenvalue weighted by Crippen LogP contribution is -2.63. The van der Waals surface area contributed by atoms with E-state index in [1.807, 2.05) is 0 Å². The van der Waals surface area contributed by atoms with Crippen LogP contribution in [-0.2, 0) is 6.54 Å². The molecule has 8 nitrogen and oxygen atoms in total. The fourth-order valence-electron chi connectivity index (χ4n) is 4.94. The first-order valence-electron chi connectivity index (χ1n) is 11.8. The number of anilines is 2. The van der Waals surface area contributed by atoms with E-state index >= 15 is 0 Å². The number of nitrogen functional groups attached to an aromatic ring is 1. The second kappa shape index (κ2) is 9.80. The summed E-state index contributed by atoms with van der Waals surface area (Å²) in [6, 6.07) is 6.00. The quantitative estimate of drug-likeness (QED) is 0.257. The number of nitrogens with zero attached hydrogens (tertiary/aromatic N) is 5. The van der Waals surface area contributed by atoms with E-state index in [0.29, 0.717) is 41.4 Å². The summed E-state index contributed by atoms with van der Waals surface area (Å²) in [4.78, 5) is 14.2. The molecule has 5 N–H and O–H groups in total. The van der Waals surface area contributed by atoms with Gasteiger partial charge in [-0.05, 0) is 42.2 Å². The Morgan fingerprint density at radius 1 is 1.03 bits per heavy atom. The van der Waals surface area contributed by atoms with Gasteiger partial charge in [-0.2, -0.15) is 0 Å². The number of aliphatic hydroxyl groups excluding tert-OH is 1. The third-order valence-corrected chi connectivity index (χ3v) is 6.89. The molecule has 4 aromatic rings. The second-order valence-electron chi connectivity index (χ2n) is 9.43. The van der Waals surface area contributed by atoms with Crippen molar-refractivity contribution in [2.24, 2.45) is 5.73 Å². The molecule has 1 fully saturated rings. The van der Waals surface area contributed by atoms with Crippen LogP contribution >= 0.6 is 0 Å². The Labute approximate surface area is 213 Å². The van der Waals surface area contributed by atoms with E-state index < -0.39 is 35.5 Å². The highest BCUT2D eigenvalue weighted by Crippen LogP contribution is 2.35. The van der Waals surface area contributed by atoms with E-state index in [-0.39, 0.29) is 36.5 Å². The zero-order chi connectivity index (χ0) is 27.2. The zero-order valence-electron chi connectivity index (χ0n) is 20.0. The maximum absolute atomic E-state index is 14.6. The number of halogens is 5. The number of alkyl halides is 2. The molecule has 1 saturated heterocycles. The number of rotatable bonds is 6. The average molecular weight is 534 g/mol. The normalized spacial score (nSPS) is 18.9. The largest absolute Gasteiger partial charge is 0.385 e. The number of piperidine rings is 1. The van der Waals surface area contributed by atoms with Crippen molar-refractivity contribution >= 4 is 22.7 Å². The van der Waals surface area contributed by atoms with Crippen LogP contribution in [0.15, 0.2) is 43.0 Å². The van der Waals surface area contributed by atoms with Gasteiger partial charge in [-0.3, -0.25) is 0 Å². The Morgan fingerprint density at radius 2 is 1.79 bits per heavy atom. The van der Waals surface area contributed by atoms with E-state index in [2.05, 4.69) is 15.0 Å². The van der Waals surface area contributed by atoms with Crippen molar-refractivity contribution < 1.29 is 27.1 Å². The van der Waals surface area contributed by atoms with Gasteiger partial charge in [0, 0.05) is 30.4 Å². The molecule has 0 spiro atoms. The Kier molecular flexibility index (Phi) is 6.65. The smallest absolute Gasteiger partial charge is 0.265 e. The van der Waals surface area contributed by atoms with E-state index in [4.69, 9.17) is 11.5 Å². The molecule has 5 rings (SSSR count). The van der Waals surface area contributed by atoms with E-state index in [0.717, 1.165) is 6.07 Å². The Morgan fingerprint density at radius 3 is 2.55 bits per heavy atom. The van der Waals surface area contributed by atoms with E-state index in [1.165, 1.54) is 18.7 Å². The van der Waals surface area contributed by atoms with Crippen molar-refractivity contribution in [1.82, 2.24) is 19.5 Å². The van der Waals surface area contributed by atoms with Crippen LogP contribution in [0.1, 0.15) is 18.4 Å². The Hall–Kier alpha value is -3.84. The van der Waals surface area contributed by atoms with Crippen molar-refractivity contribution in [3.05, 3.63) is 66.0 Å². The maximum atomic E-state index is 14.6. The number of fused-ring (bicyclic) bond motifs is 1. The van der Waals surface area contributed by atoms with Gasteiger partial charge in [0.25, 0.3) is 6.43 Å². The highest BCUT2D eigenvalue weighted by Gasteiger charge is 2.43. The number of hydrogen-bond acceptors (Lipinski definition) is 7. The van der Waals surface area contributed by atoms with Crippen LogP contribution in [0.3, 0.4) is 0 Å². The summed E-state index contributed by atoms with van der Waals surface area (Å²) in [7, 11) is 0. The lowest BCUT2D eigenvalue weighted by molar-refractivity contribution is -0.0529. The molecular weight excluding hydrogens is 509 g/mol. The maximum Gasteiger partial charge on any atom is 0.265 e. The lowest BCUT2D eigenvalue weighted by Gasteiger charge is -2.44. The first kappa shape index (κ1) is 25.8. The number of hydrogen-bond donors (Lipinski definition) is 3. The topological polar surface area (TPSA) is 119 Å². The molecule has 0 aliphatic carbocycles. The Bertz CT molecular complexity index is 1500. The summed E-state index contributed by atoms with van der Waals surface area (Å²) >= 11 is 0. The molecule has 0 radical (unpaired) electrons. The molecule has 0 bridgehead atoms. The minimum Gasteiger partial charge on any atom is -0.385 e. The molecule has 2 aromatic heterocycles. The van der Waals surface area contributed by atoms with E-state index in [1.54, 1.807) is 21.6 Å². The van der Waals surface area contributed by atoms with Crippen molar-refractivity contribution in [3.8, 4) is 11.1 Å². The van der Waals surface area contributed by atoms with Crippen molar-refractivity contribution in [2.45, 2.75) is 37.5 Å². The van der Waals surface area contributed by atoms with Crippen LogP contribution in [0.4, 0.5) is 33.5 Å². The van der Waals surface area contributed by atoms with Gasteiger partial charge in [0.2, 0.25) is 0 Å². The van der Waals surface area contributed by atoms with Gasteiger partial charge in [-0.1, -0.05) is 6.07 Å². The first-order chi connectivity index (χ1) is 18.1. The predicted molar refractivity (Wildman–Crippen MR) is 131 cm³/mol. The van der Waals surface area contributed by atoms with Gasteiger partial charge in [0.15, 0.2) is 23.1 Å². The van der Waals surface area contributed by atoms with Crippen molar-refractivity contribution in [1.29, 1.82) is 0 Å². The molecule has 0 saturated carbocycles. The Balaban J connectivity index is 1.60. The van der Waals surface area contributed by atoms with Gasteiger partial charge >= 0.3 is 0 Å². The lowest BCUT2D eigenvalue weighted by atomic mass is 9.84. The van der Waals surface area contributed by atoms with Gasteiger partial charge in [0.1, 0.15) is 23.8 Å². The minimum absolute atomic E-state index is 0.0653. The van der Waals surface area contributed by atoms with Gasteiger partial charge in [-0.15, -0.1) is 0 Å². The third kappa shape index (κ3) is 4.63. The standard InChI is InChI=1S/C25H24F5N7O/c26-16-8-18(28)17(27)7-15(16)13-2-3-19(36-5-1-4-25(32,10-36)21(38)22(29)30)14(6-13)9-37-12-35-20-23(31)33-11-34-24(20)37/h2-3,6-8,11-12,21-22,38H,1,4-5,9-10,32H2,(H2,31,33,34)/t21-,25-/m1/s1. The summed E-state index contributed by atoms with van der Waals surface area (Å²) in [5.41, 5.74) is 12.6. The summed E-state index contributed by atoms with van der Waals surface area (Å²) in [5.74, 6) is -3.29. The fraction of sp³-hybridized carbons (Fsp3) is 0.320. The van der Waals surface area contributed by atoms with Crippen LogP contribution in [-0.4, -0.2) is 55.8 Å². The number of nitrogens with two attached hydrogens (primary N) is 2. The third-order valence-electron chi connectivity index (χ3n) is 6.89. The molecule has 38 heavy (non-hydrogen) atoms. The van der Waals surface area contributed by atoms with Crippen molar-refractivity contribution in [3.63, 3.8) is 0 Å². The first-order valence-corrected chi connectivity index (χ1v) is 11.8. The molecular formula is C25H24F5N7O. The molecule has 1 aliphatic heterocycles. The molecule has 0 amide bonds. The SMILES string of the molecule is Nc1ncnc2c1ncn2Cc1cc(-c2cc(F)c(F)cc2F)ccc1N1CCC[C@](N)([C@H](O)C(F)F)C1. The molecule has 1 aliphatic rings. The molecule has 2 aromatic carbocycles. The summed E-state index contributed by atoms with van der Waals surface area (Å²) in [6.45, 7) is 0.525. The van der Waals surface area contributed by atoms with Crippen LogP contribution in [0.25, 0.3) is 22.3 Å². The number of benzene rings is 2. The molecule has 3 heterocycles. The van der Waals surface area contributed by atoms with Crippen LogP contribution < -0.4 is 16.4 Å². The molecule has 2 atom stereocenters. The monoisotopic (exact) mass is 533 g/mol. The number of aromatic nitrogens is 4. The molecule has 0 unspecified atom stereocenters. The second-order valence-corrected chi connectivity index (χ2v) is 9.43. The van der Waals surface area contributed by atoms with Gasteiger partial charge < -0.3 is 26.0 Å². The minimum atomic E-state index is -3.01. The molecule has 200 valence electrons. The molecule has 13 heteroatoms. The average Bonchev–Trinajstić information content (AvgIpc) is 3.29. The number of aliphatic hydroxyl groups is 1. The highest BCUT2D eigenvalue weighted by atomic mass is 19.3.